The van der Waals surface area contributed by atoms with E-state index in [0.717, 1.165) is 12.2 Å². The van der Waals surface area contributed by atoms with Crippen LogP contribution in [0, 0.1) is 0 Å². The van der Waals surface area contributed by atoms with Gasteiger partial charge >= 0.3 is 0 Å². The van der Waals surface area contributed by atoms with E-state index >= 15 is 0 Å². The number of likely N-dealkylation sites (N-methyl/N-ethyl adjacent to an activating group) is 1. The van der Waals surface area contributed by atoms with Crippen molar-refractivity contribution in [3.63, 3.8) is 0 Å². The normalized spacial score (nSPS) is 13.9. The van der Waals surface area contributed by atoms with E-state index in [-0.39, 0.29) is 0 Å². The predicted octanol–water partition coefficient (Wildman–Crippen LogP) is 4.26. The maximum atomic E-state index is 4.50. The third-order valence-corrected chi connectivity index (χ3v) is 4.30. The molecule has 1 aromatic heterocycles. The molecule has 0 aliphatic rings. The summed E-state index contributed by atoms with van der Waals surface area (Å²) in [4.78, 5) is 5.80. The van der Waals surface area contributed by atoms with Crippen LogP contribution in [0.25, 0.3) is 0 Å². The molecule has 106 valence electrons. The molecule has 0 bridgehead atoms. The molecule has 1 heterocycles. The second-order valence-corrected chi connectivity index (χ2v) is 5.73. The summed E-state index contributed by atoms with van der Waals surface area (Å²) in [5, 5.41) is 3.59. The van der Waals surface area contributed by atoms with Crippen LogP contribution < -0.4 is 5.32 Å². The highest BCUT2D eigenvalue weighted by Gasteiger charge is 2.20. The minimum Gasteiger partial charge on any atom is -0.310 e. The van der Waals surface area contributed by atoms with Crippen LogP contribution >= 0.6 is 11.8 Å². The van der Waals surface area contributed by atoms with Gasteiger partial charge in [0.2, 0.25) is 0 Å². The number of nitrogens with zero attached hydrogens (tertiary/aromatic N) is 1. The van der Waals surface area contributed by atoms with Crippen LogP contribution in [-0.2, 0) is 0 Å². The summed E-state index contributed by atoms with van der Waals surface area (Å²) in [5.41, 5.74) is 2.45. The first-order valence-electron chi connectivity index (χ1n) is 7.04. The Balaban J connectivity index is 2.25. The number of thioether (sulfide) groups is 1. The van der Waals surface area contributed by atoms with E-state index in [4.69, 9.17) is 0 Å². The van der Waals surface area contributed by atoms with Gasteiger partial charge in [-0.3, -0.25) is 4.98 Å². The quantitative estimate of drug-likeness (QED) is 0.803. The Bertz CT molecular complexity index is 510. The number of nitrogens with one attached hydrogen (secondary N) is 1. The molecular weight excluding hydrogens is 264 g/mol. The first kappa shape index (κ1) is 15.1. The molecular formula is C17H22N2S. The van der Waals surface area contributed by atoms with Crippen molar-refractivity contribution >= 4 is 11.8 Å². The van der Waals surface area contributed by atoms with E-state index in [9.17, 15) is 0 Å². The minimum atomic E-state index is 0.297. The number of pyridine rings is 1. The van der Waals surface area contributed by atoms with E-state index in [1.807, 2.05) is 12.3 Å². The van der Waals surface area contributed by atoms with Gasteiger partial charge in [-0.15, -0.1) is 11.8 Å². The van der Waals surface area contributed by atoms with E-state index < -0.39 is 0 Å². The van der Waals surface area contributed by atoms with Crippen molar-refractivity contribution in [3.8, 4) is 0 Å². The number of rotatable bonds is 6. The van der Waals surface area contributed by atoms with Crippen LogP contribution in [0.4, 0.5) is 0 Å². The molecule has 0 spiro atoms. The Morgan fingerprint density at radius 1 is 1.15 bits per heavy atom. The van der Waals surface area contributed by atoms with Gasteiger partial charge in [-0.2, -0.15) is 0 Å². The number of hydrogen-bond acceptors (Lipinski definition) is 3. The van der Waals surface area contributed by atoms with Gasteiger partial charge in [0.25, 0.3) is 0 Å². The lowest BCUT2D eigenvalue weighted by molar-refractivity contribution is 0.472. The number of hydrogen-bond donors (Lipinski definition) is 1. The fraction of sp³-hybridized carbons (Fsp3) is 0.353. The molecule has 2 nitrogen and oxygen atoms in total. The highest BCUT2D eigenvalue weighted by atomic mass is 32.2. The largest absolute Gasteiger partial charge is 0.310 e. The molecule has 3 heteroatoms. The van der Waals surface area contributed by atoms with Crippen molar-refractivity contribution < 1.29 is 0 Å². The Morgan fingerprint density at radius 3 is 2.45 bits per heavy atom. The topological polar surface area (TPSA) is 24.9 Å². The fourth-order valence-electron chi connectivity index (χ4n) is 2.43. The van der Waals surface area contributed by atoms with E-state index in [2.05, 4.69) is 66.8 Å². The van der Waals surface area contributed by atoms with Gasteiger partial charge in [-0.1, -0.05) is 32.0 Å². The Hall–Kier alpha value is -1.32. The summed E-state index contributed by atoms with van der Waals surface area (Å²) in [6.45, 7) is 5.33. The van der Waals surface area contributed by atoms with Crippen molar-refractivity contribution in [2.75, 3.05) is 12.8 Å². The van der Waals surface area contributed by atoms with Crippen LogP contribution in [0.15, 0.2) is 53.6 Å². The standard InChI is InChI=1S/C17H22N2S/c1-4-18-17(13(2)16-7-5-6-12-19-16)14-8-10-15(20-3)11-9-14/h5-13,17-18H,4H2,1-3H3. The van der Waals surface area contributed by atoms with Crippen molar-refractivity contribution in [3.05, 3.63) is 59.9 Å². The van der Waals surface area contributed by atoms with Gasteiger partial charge in [0.1, 0.15) is 0 Å². The molecule has 20 heavy (non-hydrogen) atoms. The first-order valence-corrected chi connectivity index (χ1v) is 8.27. The Kier molecular flexibility index (Phi) is 5.62. The van der Waals surface area contributed by atoms with Gasteiger partial charge in [0, 0.05) is 28.7 Å². The lowest BCUT2D eigenvalue weighted by Gasteiger charge is -2.25. The van der Waals surface area contributed by atoms with E-state index in [1.54, 1.807) is 11.8 Å². The lowest BCUT2D eigenvalue weighted by Crippen LogP contribution is -2.26. The molecule has 0 radical (unpaired) electrons. The Labute approximate surface area is 126 Å². The molecule has 2 rings (SSSR count). The summed E-state index contributed by atoms with van der Waals surface area (Å²) in [6, 6.07) is 15.2. The summed E-state index contributed by atoms with van der Waals surface area (Å²) in [7, 11) is 0. The first-order chi connectivity index (χ1) is 9.76. The molecule has 0 aliphatic carbocycles. The number of benzene rings is 1. The average Bonchev–Trinajstić information content (AvgIpc) is 2.53. The SMILES string of the molecule is CCNC(c1ccc(SC)cc1)C(C)c1ccccn1. The van der Waals surface area contributed by atoms with Crippen molar-refractivity contribution in [1.29, 1.82) is 0 Å². The molecule has 0 aliphatic heterocycles. The van der Waals surface area contributed by atoms with Gasteiger partial charge < -0.3 is 5.32 Å². The van der Waals surface area contributed by atoms with Gasteiger partial charge in [-0.25, -0.2) is 0 Å². The lowest BCUT2D eigenvalue weighted by atomic mass is 9.91. The fourth-order valence-corrected chi connectivity index (χ4v) is 2.84. The van der Waals surface area contributed by atoms with Crippen LogP contribution in [0.1, 0.15) is 37.1 Å². The van der Waals surface area contributed by atoms with Gasteiger partial charge in [0.15, 0.2) is 0 Å². The van der Waals surface area contributed by atoms with Crippen LogP contribution in [0.5, 0.6) is 0 Å². The molecule has 2 aromatic rings. The minimum absolute atomic E-state index is 0.297. The predicted molar refractivity (Wildman–Crippen MR) is 87.3 cm³/mol. The Morgan fingerprint density at radius 2 is 1.90 bits per heavy atom. The van der Waals surface area contributed by atoms with Crippen LogP contribution in [0.3, 0.4) is 0 Å². The van der Waals surface area contributed by atoms with Crippen molar-refractivity contribution in [2.45, 2.75) is 30.7 Å². The van der Waals surface area contributed by atoms with Crippen LogP contribution in [0.2, 0.25) is 0 Å². The zero-order chi connectivity index (χ0) is 14.4. The molecule has 0 saturated heterocycles. The van der Waals surface area contributed by atoms with Gasteiger partial charge in [-0.05, 0) is 42.6 Å². The molecule has 0 fully saturated rings. The average molecular weight is 286 g/mol. The zero-order valence-corrected chi connectivity index (χ0v) is 13.2. The summed E-state index contributed by atoms with van der Waals surface area (Å²) in [5.74, 6) is 0.344. The maximum absolute atomic E-state index is 4.50. The second kappa shape index (κ2) is 7.46. The van der Waals surface area contributed by atoms with Gasteiger partial charge in [0.05, 0.1) is 0 Å². The highest BCUT2D eigenvalue weighted by molar-refractivity contribution is 7.98. The van der Waals surface area contributed by atoms with Crippen molar-refractivity contribution in [1.82, 2.24) is 10.3 Å². The van der Waals surface area contributed by atoms with Crippen molar-refractivity contribution in [2.24, 2.45) is 0 Å². The molecule has 0 saturated carbocycles. The number of aromatic nitrogens is 1. The zero-order valence-electron chi connectivity index (χ0n) is 12.3. The van der Waals surface area contributed by atoms with E-state index in [1.165, 1.54) is 10.5 Å². The third-order valence-electron chi connectivity index (χ3n) is 3.55. The van der Waals surface area contributed by atoms with Crippen LogP contribution in [-0.4, -0.2) is 17.8 Å². The third kappa shape index (κ3) is 3.62. The summed E-state index contributed by atoms with van der Waals surface area (Å²) in [6.07, 6.45) is 3.97. The molecule has 2 unspecified atom stereocenters. The monoisotopic (exact) mass is 286 g/mol. The summed E-state index contributed by atoms with van der Waals surface area (Å²) < 4.78 is 0. The molecule has 1 N–H and O–H groups in total. The summed E-state index contributed by atoms with van der Waals surface area (Å²) >= 11 is 1.77. The molecule has 0 amide bonds. The molecule has 1 aromatic carbocycles. The second-order valence-electron chi connectivity index (χ2n) is 4.85. The highest BCUT2D eigenvalue weighted by Crippen LogP contribution is 2.30. The van der Waals surface area contributed by atoms with E-state index in [0.29, 0.717) is 12.0 Å². The smallest absolute Gasteiger partial charge is 0.0450 e. The maximum Gasteiger partial charge on any atom is 0.0450 e. The molecule has 2 atom stereocenters.